The zero-order valence-electron chi connectivity index (χ0n) is 16.6. The summed E-state index contributed by atoms with van der Waals surface area (Å²) >= 11 is 0. The molecule has 1 heterocycles. The lowest BCUT2D eigenvalue weighted by Gasteiger charge is -2.31. The van der Waals surface area contributed by atoms with E-state index in [-0.39, 0.29) is 24.0 Å². The third-order valence-corrected chi connectivity index (χ3v) is 4.75. The fourth-order valence-electron chi connectivity index (χ4n) is 3.67. The van der Waals surface area contributed by atoms with Crippen LogP contribution in [-0.4, -0.2) is 43.7 Å². The molecule has 1 fully saturated rings. The van der Waals surface area contributed by atoms with E-state index >= 15 is 0 Å². The Morgan fingerprint density at radius 3 is 2.46 bits per heavy atom. The third kappa shape index (κ3) is 5.41. The summed E-state index contributed by atoms with van der Waals surface area (Å²) in [5.74, 6) is -0.352. The van der Waals surface area contributed by atoms with Crippen LogP contribution in [0, 0.1) is 6.92 Å². The minimum atomic E-state index is -0.248. The van der Waals surface area contributed by atoms with Gasteiger partial charge in [-0.3, -0.25) is 9.59 Å². The fraction of sp³-hybridized carbons (Fsp3) is 0.364. The first-order valence-electron chi connectivity index (χ1n) is 9.66. The van der Waals surface area contributed by atoms with Crippen molar-refractivity contribution in [3.8, 4) is 0 Å². The Morgan fingerprint density at radius 1 is 1.04 bits per heavy atom. The second-order valence-corrected chi connectivity index (χ2v) is 7.51. The fourth-order valence-corrected chi connectivity index (χ4v) is 3.67. The summed E-state index contributed by atoms with van der Waals surface area (Å²) in [6, 6.07) is 14.7. The van der Waals surface area contributed by atoms with Crippen molar-refractivity contribution in [2.24, 2.45) is 0 Å². The van der Waals surface area contributed by atoms with E-state index in [2.05, 4.69) is 10.6 Å². The van der Waals surface area contributed by atoms with Crippen LogP contribution in [0.4, 0.5) is 11.4 Å². The first-order chi connectivity index (χ1) is 13.4. The van der Waals surface area contributed by atoms with E-state index in [0.717, 1.165) is 24.3 Å². The van der Waals surface area contributed by atoms with Crippen molar-refractivity contribution in [2.75, 3.05) is 30.3 Å². The summed E-state index contributed by atoms with van der Waals surface area (Å²) in [7, 11) is 0. The number of quaternary nitrogens is 1. The Labute approximate surface area is 165 Å². The average Bonchev–Trinajstić information content (AvgIpc) is 2.61. The molecule has 0 radical (unpaired) electrons. The molecule has 0 aromatic heterocycles. The van der Waals surface area contributed by atoms with Crippen LogP contribution in [0.1, 0.15) is 29.8 Å². The number of amides is 2. The van der Waals surface area contributed by atoms with E-state index in [1.54, 1.807) is 18.2 Å². The van der Waals surface area contributed by atoms with E-state index in [1.807, 2.05) is 51.1 Å². The van der Waals surface area contributed by atoms with Crippen LogP contribution >= 0.6 is 0 Å². The molecule has 1 unspecified atom stereocenters. The summed E-state index contributed by atoms with van der Waals surface area (Å²) in [5.41, 5.74) is 2.76. The van der Waals surface area contributed by atoms with E-state index in [0.29, 0.717) is 17.8 Å². The van der Waals surface area contributed by atoms with Crippen LogP contribution in [0.2, 0.25) is 0 Å². The van der Waals surface area contributed by atoms with Gasteiger partial charge in [-0.25, -0.2) is 0 Å². The van der Waals surface area contributed by atoms with Gasteiger partial charge in [0.1, 0.15) is 25.3 Å². The Hall–Kier alpha value is -2.70. The quantitative estimate of drug-likeness (QED) is 0.739. The molecule has 28 heavy (non-hydrogen) atoms. The van der Waals surface area contributed by atoms with Crippen LogP contribution in [-0.2, 0) is 9.53 Å². The molecule has 3 rings (SSSR count). The highest BCUT2D eigenvalue weighted by Gasteiger charge is 2.27. The number of aryl methyl sites for hydroxylation is 1. The molecule has 3 atom stereocenters. The number of morpholine rings is 1. The molecule has 2 aromatic carbocycles. The normalized spacial score (nSPS) is 21.8. The van der Waals surface area contributed by atoms with Crippen LogP contribution in [0.25, 0.3) is 0 Å². The summed E-state index contributed by atoms with van der Waals surface area (Å²) in [6.07, 6.45) is 0.276. The lowest BCUT2D eigenvalue weighted by atomic mass is 10.1. The first kappa shape index (κ1) is 20.0. The Bertz CT molecular complexity index is 842. The highest BCUT2D eigenvalue weighted by atomic mass is 16.5. The lowest BCUT2D eigenvalue weighted by molar-refractivity contribution is -0.907. The molecule has 1 aliphatic rings. The van der Waals surface area contributed by atoms with Crippen LogP contribution in [0.15, 0.2) is 48.5 Å². The molecule has 1 aliphatic heterocycles. The van der Waals surface area contributed by atoms with Crippen molar-refractivity contribution >= 4 is 23.2 Å². The molecular formula is C22H28N3O3+. The molecule has 0 spiro atoms. The number of nitrogens with one attached hydrogen (secondary N) is 3. The van der Waals surface area contributed by atoms with Crippen molar-refractivity contribution < 1.29 is 19.2 Å². The number of ether oxygens (including phenoxy) is 1. The van der Waals surface area contributed by atoms with Crippen LogP contribution in [0.5, 0.6) is 0 Å². The zero-order valence-corrected chi connectivity index (χ0v) is 16.6. The molecule has 3 N–H and O–H groups in total. The minimum absolute atomic E-state index is 0.105. The SMILES string of the molecule is Cc1cccc(NC(=O)c2ccccc2NC(=O)C[NH+]2C[C@@H](C)O[C@@H](C)C2)c1. The second kappa shape index (κ2) is 8.99. The summed E-state index contributed by atoms with van der Waals surface area (Å²) in [4.78, 5) is 26.5. The standard InChI is InChI=1S/C22H27N3O3/c1-15-7-6-8-18(11-15)23-22(27)19-9-4-5-10-20(19)24-21(26)14-25-12-16(2)28-17(3)13-25/h4-11,16-17H,12-14H2,1-3H3,(H,23,27)(H,24,26)/p+1/t16-,17+. The number of rotatable bonds is 5. The van der Waals surface area contributed by atoms with Gasteiger partial charge in [-0.15, -0.1) is 0 Å². The molecule has 0 aliphatic carbocycles. The van der Waals surface area contributed by atoms with Gasteiger partial charge in [-0.2, -0.15) is 0 Å². The van der Waals surface area contributed by atoms with Gasteiger partial charge < -0.3 is 20.3 Å². The Morgan fingerprint density at radius 2 is 1.75 bits per heavy atom. The maximum Gasteiger partial charge on any atom is 0.279 e. The monoisotopic (exact) mass is 382 g/mol. The van der Waals surface area contributed by atoms with E-state index < -0.39 is 0 Å². The van der Waals surface area contributed by atoms with Crippen LogP contribution < -0.4 is 15.5 Å². The Balaban J connectivity index is 1.66. The van der Waals surface area contributed by atoms with Crippen molar-refractivity contribution in [3.05, 3.63) is 59.7 Å². The van der Waals surface area contributed by atoms with Gasteiger partial charge in [0.2, 0.25) is 0 Å². The van der Waals surface area contributed by atoms with Gasteiger partial charge >= 0.3 is 0 Å². The molecule has 2 amide bonds. The number of carbonyl (C=O) groups is 2. The zero-order chi connectivity index (χ0) is 20.1. The van der Waals surface area contributed by atoms with Crippen molar-refractivity contribution in [2.45, 2.75) is 33.0 Å². The summed E-state index contributed by atoms with van der Waals surface area (Å²) in [6.45, 7) is 7.98. The number of carbonyl (C=O) groups excluding carboxylic acids is 2. The topological polar surface area (TPSA) is 71.9 Å². The van der Waals surface area contributed by atoms with Gasteiger partial charge in [0.25, 0.3) is 11.8 Å². The van der Waals surface area contributed by atoms with Gasteiger partial charge in [-0.1, -0.05) is 24.3 Å². The molecule has 6 heteroatoms. The van der Waals surface area contributed by atoms with Crippen molar-refractivity contribution in [3.63, 3.8) is 0 Å². The molecule has 6 nitrogen and oxygen atoms in total. The van der Waals surface area contributed by atoms with Crippen molar-refractivity contribution in [1.82, 2.24) is 0 Å². The maximum atomic E-state index is 12.7. The van der Waals surface area contributed by atoms with Gasteiger partial charge in [-0.05, 0) is 50.6 Å². The summed E-state index contributed by atoms with van der Waals surface area (Å²) < 4.78 is 5.73. The highest BCUT2D eigenvalue weighted by molar-refractivity contribution is 6.10. The van der Waals surface area contributed by atoms with E-state index in [1.165, 1.54) is 4.90 Å². The molecule has 0 saturated carbocycles. The molecule has 0 bridgehead atoms. The molecule has 2 aromatic rings. The number of hydrogen-bond acceptors (Lipinski definition) is 3. The second-order valence-electron chi connectivity index (χ2n) is 7.51. The van der Waals surface area contributed by atoms with Gasteiger partial charge in [0.05, 0.1) is 11.3 Å². The van der Waals surface area contributed by atoms with E-state index in [4.69, 9.17) is 4.74 Å². The Kier molecular flexibility index (Phi) is 6.44. The highest BCUT2D eigenvalue weighted by Crippen LogP contribution is 2.18. The molecule has 148 valence electrons. The minimum Gasteiger partial charge on any atom is -0.364 e. The van der Waals surface area contributed by atoms with Gasteiger partial charge in [0.15, 0.2) is 6.54 Å². The van der Waals surface area contributed by atoms with E-state index in [9.17, 15) is 9.59 Å². The van der Waals surface area contributed by atoms with Crippen molar-refractivity contribution in [1.29, 1.82) is 0 Å². The number of para-hydroxylation sites is 1. The third-order valence-electron chi connectivity index (χ3n) is 4.75. The van der Waals surface area contributed by atoms with Crippen LogP contribution in [0.3, 0.4) is 0 Å². The molecule has 1 saturated heterocycles. The number of anilines is 2. The number of hydrogen-bond donors (Lipinski definition) is 3. The predicted molar refractivity (Wildman–Crippen MR) is 110 cm³/mol. The summed E-state index contributed by atoms with van der Waals surface area (Å²) in [5, 5.41) is 5.80. The largest absolute Gasteiger partial charge is 0.364 e. The maximum absolute atomic E-state index is 12.7. The lowest BCUT2D eigenvalue weighted by Crippen LogP contribution is -3.16. The average molecular weight is 382 g/mol. The first-order valence-corrected chi connectivity index (χ1v) is 9.66. The smallest absolute Gasteiger partial charge is 0.279 e. The van der Waals surface area contributed by atoms with Gasteiger partial charge in [0, 0.05) is 5.69 Å². The predicted octanol–water partition coefficient (Wildman–Crippen LogP) is 1.88. The molecular weight excluding hydrogens is 354 g/mol. The number of benzene rings is 2.